The van der Waals surface area contributed by atoms with Crippen molar-refractivity contribution in [2.24, 2.45) is 5.10 Å². The second-order valence-corrected chi connectivity index (χ2v) is 7.93. The van der Waals surface area contributed by atoms with Crippen molar-refractivity contribution in [2.45, 2.75) is 37.1 Å². The number of carbonyl (C=O) groups excluding carboxylic acids is 2. The van der Waals surface area contributed by atoms with Crippen molar-refractivity contribution in [1.29, 1.82) is 0 Å². The van der Waals surface area contributed by atoms with E-state index >= 15 is 0 Å². The molecule has 5 nitrogen and oxygen atoms in total. The highest BCUT2D eigenvalue weighted by atomic mass is 32.2. The highest BCUT2D eigenvalue weighted by molar-refractivity contribution is 7.99. The number of anilines is 1. The van der Waals surface area contributed by atoms with Crippen LogP contribution in [0.2, 0.25) is 0 Å². The number of fused-ring (bicyclic) bond motifs is 1. The van der Waals surface area contributed by atoms with Crippen LogP contribution in [0.4, 0.5) is 5.69 Å². The number of hydrogen-bond acceptors (Lipinski definition) is 4. The van der Waals surface area contributed by atoms with E-state index in [1.165, 1.54) is 9.90 Å². The third-order valence-corrected chi connectivity index (χ3v) is 5.93. The van der Waals surface area contributed by atoms with E-state index in [1.54, 1.807) is 0 Å². The number of thioether (sulfide) groups is 1. The number of amides is 2. The van der Waals surface area contributed by atoms with Crippen molar-refractivity contribution in [1.82, 2.24) is 5.32 Å². The summed E-state index contributed by atoms with van der Waals surface area (Å²) in [6.45, 7) is 1.97. The molecule has 2 aromatic rings. The van der Waals surface area contributed by atoms with Gasteiger partial charge in [0.2, 0.25) is 5.91 Å². The summed E-state index contributed by atoms with van der Waals surface area (Å²) in [5.41, 5.74) is 3.31. The first-order valence-electron chi connectivity index (χ1n) is 9.11. The fourth-order valence-electron chi connectivity index (χ4n) is 3.41. The molecule has 2 aromatic carbocycles. The largest absolute Gasteiger partial charge is 0.344 e. The molecular weight excluding hydrogens is 358 g/mol. The first-order valence-corrected chi connectivity index (χ1v) is 10.1. The van der Waals surface area contributed by atoms with Crippen LogP contribution >= 0.6 is 11.8 Å². The quantitative estimate of drug-likeness (QED) is 0.882. The van der Waals surface area contributed by atoms with Crippen LogP contribution in [-0.2, 0) is 9.59 Å². The summed E-state index contributed by atoms with van der Waals surface area (Å²) in [4.78, 5) is 26.4. The Morgan fingerprint density at radius 3 is 2.89 bits per heavy atom. The second kappa shape index (κ2) is 7.56. The van der Waals surface area contributed by atoms with Crippen molar-refractivity contribution < 1.29 is 9.59 Å². The lowest BCUT2D eigenvalue weighted by atomic mass is 10.0. The highest BCUT2D eigenvalue weighted by Gasteiger charge is 2.28. The van der Waals surface area contributed by atoms with Crippen LogP contribution < -0.4 is 10.3 Å². The van der Waals surface area contributed by atoms with Gasteiger partial charge < -0.3 is 5.32 Å². The summed E-state index contributed by atoms with van der Waals surface area (Å²) in [6, 6.07) is 15.8. The zero-order valence-electron chi connectivity index (χ0n) is 15.1. The number of benzene rings is 2. The lowest BCUT2D eigenvalue weighted by molar-refractivity contribution is -0.119. The van der Waals surface area contributed by atoms with Gasteiger partial charge in [0, 0.05) is 23.5 Å². The van der Waals surface area contributed by atoms with Gasteiger partial charge in [-0.05, 0) is 42.7 Å². The topological polar surface area (TPSA) is 61.8 Å². The molecule has 6 heteroatoms. The number of carbonyl (C=O) groups is 2. The Bertz CT molecular complexity index is 925. The monoisotopic (exact) mass is 379 g/mol. The van der Waals surface area contributed by atoms with Gasteiger partial charge in [0.25, 0.3) is 5.91 Å². The first-order chi connectivity index (χ1) is 13.1. The molecule has 0 bridgehead atoms. The molecule has 0 saturated heterocycles. The van der Waals surface area contributed by atoms with Crippen LogP contribution in [0.25, 0.3) is 0 Å². The Kier molecular flexibility index (Phi) is 4.99. The molecule has 0 aliphatic carbocycles. The molecule has 1 N–H and O–H groups in total. The van der Waals surface area contributed by atoms with E-state index in [0.717, 1.165) is 23.3 Å². The molecule has 138 valence electrons. The molecule has 2 amide bonds. The second-order valence-electron chi connectivity index (χ2n) is 6.79. The Morgan fingerprint density at radius 1 is 1.19 bits per heavy atom. The van der Waals surface area contributed by atoms with E-state index in [4.69, 9.17) is 0 Å². The van der Waals surface area contributed by atoms with E-state index in [2.05, 4.69) is 22.6 Å². The van der Waals surface area contributed by atoms with Crippen molar-refractivity contribution in [3.63, 3.8) is 0 Å². The maximum absolute atomic E-state index is 12.8. The van der Waals surface area contributed by atoms with Gasteiger partial charge in [-0.2, -0.15) is 5.10 Å². The maximum Gasteiger partial charge on any atom is 0.267 e. The molecule has 4 rings (SSSR count). The molecule has 2 aliphatic rings. The summed E-state index contributed by atoms with van der Waals surface area (Å²) in [7, 11) is 0. The molecule has 27 heavy (non-hydrogen) atoms. The molecule has 1 unspecified atom stereocenters. The van der Waals surface area contributed by atoms with Gasteiger partial charge in [-0.3, -0.25) is 9.59 Å². The number of hydrazone groups is 1. The van der Waals surface area contributed by atoms with Crippen LogP contribution in [0.15, 0.2) is 58.5 Å². The number of hydrogen-bond donors (Lipinski definition) is 1. The van der Waals surface area contributed by atoms with Crippen molar-refractivity contribution in [2.75, 3.05) is 10.8 Å². The summed E-state index contributed by atoms with van der Waals surface area (Å²) < 4.78 is 0. The number of nitrogens with one attached hydrogen (secondary N) is 1. The van der Waals surface area contributed by atoms with E-state index < -0.39 is 0 Å². The van der Waals surface area contributed by atoms with Gasteiger partial charge in [0.05, 0.1) is 11.7 Å². The van der Waals surface area contributed by atoms with Gasteiger partial charge in [-0.1, -0.05) is 30.3 Å². The highest BCUT2D eigenvalue weighted by Crippen LogP contribution is 2.35. The van der Waals surface area contributed by atoms with E-state index in [1.807, 2.05) is 55.1 Å². The van der Waals surface area contributed by atoms with Gasteiger partial charge in [0.1, 0.15) is 5.71 Å². The van der Waals surface area contributed by atoms with Crippen LogP contribution in [0.1, 0.15) is 36.4 Å². The average molecular weight is 379 g/mol. The number of nitrogens with zero attached hydrogens (tertiary/aromatic N) is 2. The average Bonchev–Trinajstić information content (AvgIpc) is 2.68. The predicted octanol–water partition coefficient (Wildman–Crippen LogP) is 3.83. The third-order valence-electron chi connectivity index (χ3n) is 4.80. The summed E-state index contributed by atoms with van der Waals surface area (Å²) in [5, 5.41) is 8.86. The fourth-order valence-corrected chi connectivity index (χ4v) is 4.54. The predicted molar refractivity (Wildman–Crippen MR) is 108 cm³/mol. The minimum absolute atomic E-state index is 0.0114. The summed E-state index contributed by atoms with van der Waals surface area (Å²) in [6.07, 6.45) is 1.55. The molecule has 0 aromatic heterocycles. The molecule has 0 fully saturated rings. The Balaban J connectivity index is 1.55. The zero-order chi connectivity index (χ0) is 18.8. The van der Waals surface area contributed by atoms with E-state index in [-0.39, 0.29) is 24.3 Å². The standard InChI is InChI=1S/C21H21N3O2S/c1-14-5-4-6-15(13-14)24-20(25)10-9-18(23-24)21(26)22-17-11-12-27-19-8-3-2-7-16(17)19/h2-8,13,17H,9-12H2,1H3,(H,22,26). The SMILES string of the molecule is Cc1cccc(N2N=C(C(=O)NC3CCSc4ccccc43)CCC2=O)c1. The summed E-state index contributed by atoms with van der Waals surface area (Å²) in [5.74, 6) is 0.700. The van der Waals surface area contributed by atoms with Crippen LogP contribution in [0.3, 0.4) is 0 Å². The molecule has 0 saturated carbocycles. The number of aryl methyl sites for hydroxylation is 1. The zero-order valence-corrected chi connectivity index (χ0v) is 16.0. The lowest BCUT2D eigenvalue weighted by Crippen LogP contribution is -2.41. The van der Waals surface area contributed by atoms with Gasteiger partial charge in [-0.25, -0.2) is 5.01 Å². The van der Waals surface area contributed by atoms with Gasteiger partial charge >= 0.3 is 0 Å². The van der Waals surface area contributed by atoms with Crippen LogP contribution in [-0.4, -0.2) is 23.3 Å². The normalized spacial score (nSPS) is 19.3. The van der Waals surface area contributed by atoms with Crippen LogP contribution in [0.5, 0.6) is 0 Å². The number of rotatable bonds is 3. The van der Waals surface area contributed by atoms with Gasteiger partial charge in [0.15, 0.2) is 0 Å². The fraction of sp³-hybridized carbons (Fsp3) is 0.286. The van der Waals surface area contributed by atoms with Crippen molar-refractivity contribution in [3.8, 4) is 0 Å². The third kappa shape index (κ3) is 3.76. The molecule has 0 spiro atoms. The van der Waals surface area contributed by atoms with E-state index in [9.17, 15) is 9.59 Å². The maximum atomic E-state index is 12.8. The van der Waals surface area contributed by atoms with Crippen molar-refractivity contribution in [3.05, 3.63) is 59.7 Å². The molecule has 2 aliphatic heterocycles. The molecule has 1 atom stereocenters. The summed E-state index contributed by atoms with van der Waals surface area (Å²) >= 11 is 1.82. The first kappa shape index (κ1) is 17.8. The van der Waals surface area contributed by atoms with E-state index in [0.29, 0.717) is 17.8 Å². The minimum atomic E-state index is -0.188. The minimum Gasteiger partial charge on any atom is -0.344 e. The molecule has 0 radical (unpaired) electrons. The Labute approximate surface area is 162 Å². The lowest BCUT2D eigenvalue weighted by Gasteiger charge is -2.27. The molecule has 2 heterocycles. The van der Waals surface area contributed by atoms with Crippen LogP contribution in [0, 0.1) is 6.92 Å². The van der Waals surface area contributed by atoms with Gasteiger partial charge in [-0.15, -0.1) is 11.8 Å². The smallest absolute Gasteiger partial charge is 0.267 e. The Morgan fingerprint density at radius 2 is 2.04 bits per heavy atom. The Hall–Kier alpha value is -2.60. The molecular formula is C21H21N3O2S. The van der Waals surface area contributed by atoms with Crippen molar-refractivity contribution >= 4 is 35.0 Å².